The number of ether oxygens (including phenoxy) is 6. The smallest absolute Gasteiger partial charge is 0.303 e. The van der Waals surface area contributed by atoms with Crippen LogP contribution in [-0.4, -0.2) is 65.6 Å². The fourth-order valence-corrected chi connectivity index (χ4v) is 5.03. The first kappa shape index (κ1) is 29.2. The Hall–Kier alpha value is -3.34. The van der Waals surface area contributed by atoms with Crippen LogP contribution in [0.2, 0.25) is 0 Å². The molecule has 0 aromatic heterocycles. The molecule has 38 heavy (non-hydrogen) atoms. The lowest BCUT2D eigenvalue weighted by Crippen LogP contribution is -2.59. The van der Waals surface area contributed by atoms with Crippen LogP contribution < -0.4 is 4.74 Å². The highest BCUT2D eigenvalue weighted by Gasteiger charge is 2.54. The molecule has 2 aliphatic rings. The largest absolute Gasteiger partial charge is 0.507 e. The number of hydrogen-bond donors (Lipinski definition) is 1. The molecular formula is C27H36O11. The number of carbonyl (C=O) groups excluding carboxylic acids is 4. The molecule has 0 amide bonds. The molecule has 210 valence electrons. The number of esters is 4. The van der Waals surface area contributed by atoms with Crippen molar-refractivity contribution in [1.82, 2.24) is 0 Å². The van der Waals surface area contributed by atoms with Gasteiger partial charge in [0.05, 0.1) is 0 Å². The summed E-state index contributed by atoms with van der Waals surface area (Å²) in [5.74, 6) is -2.26. The predicted molar refractivity (Wildman–Crippen MR) is 132 cm³/mol. The lowest BCUT2D eigenvalue weighted by molar-refractivity contribution is -0.254. The van der Waals surface area contributed by atoms with Crippen LogP contribution in [0.3, 0.4) is 0 Å². The summed E-state index contributed by atoms with van der Waals surface area (Å²) in [6, 6.07) is 0. The monoisotopic (exact) mass is 536 g/mol. The molecule has 2 heterocycles. The number of benzene rings is 1. The maximum absolute atomic E-state index is 12.3. The van der Waals surface area contributed by atoms with Gasteiger partial charge < -0.3 is 33.5 Å². The van der Waals surface area contributed by atoms with Crippen molar-refractivity contribution >= 4 is 23.9 Å². The first-order valence-electron chi connectivity index (χ1n) is 12.5. The van der Waals surface area contributed by atoms with E-state index in [4.69, 9.17) is 28.4 Å². The van der Waals surface area contributed by atoms with Gasteiger partial charge in [0.25, 0.3) is 0 Å². The highest BCUT2D eigenvalue weighted by atomic mass is 16.7. The van der Waals surface area contributed by atoms with Crippen LogP contribution in [0.5, 0.6) is 11.5 Å². The number of phenolic OH excluding ortho intramolecular Hbond substituents is 1. The Morgan fingerprint density at radius 2 is 1.42 bits per heavy atom. The fraction of sp³-hybridized carbons (Fsp3) is 0.630. The van der Waals surface area contributed by atoms with E-state index >= 15 is 0 Å². The molecule has 0 bridgehead atoms. The van der Waals surface area contributed by atoms with Crippen molar-refractivity contribution in [2.75, 3.05) is 6.61 Å². The molecule has 11 heteroatoms. The molecule has 11 nitrogen and oxygen atoms in total. The van der Waals surface area contributed by atoms with E-state index in [0.717, 1.165) is 19.4 Å². The Bertz CT molecular complexity index is 1120. The summed E-state index contributed by atoms with van der Waals surface area (Å²) in [4.78, 5) is 48.1. The summed E-state index contributed by atoms with van der Waals surface area (Å²) >= 11 is 0. The summed E-state index contributed by atoms with van der Waals surface area (Å²) in [6.07, 6.45) is -4.85. The molecular weight excluding hydrogens is 500 g/mol. The van der Waals surface area contributed by atoms with E-state index in [1.165, 1.54) is 13.8 Å². The highest BCUT2D eigenvalue weighted by Crippen LogP contribution is 2.50. The van der Waals surface area contributed by atoms with E-state index in [2.05, 4.69) is 0 Å². The zero-order chi connectivity index (χ0) is 28.5. The maximum atomic E-state index is 12.3. The van der Waals surface area contributed by atoms with E-state index < -0.39 is 60.0 Å². The molecule has 3 rings (SSSR count). The second kappa shape index (κ2) is 11.2. The molecule has 0 aliphatic carbocycles. The van der Waals surface area contributed by atoms with E-state index in [0.29, 0.717) is 35.3 Å². The van der Waals surface area contributed by atoms with Gasteiger partial charge in [-0.1, -0.05) is 0 Å². The first-order valence-corrected chi connectivity index (χ1v) is 12.5. The van der Waals surface area contributed by atoms with E-state index in [-0.39, 0.29) is 12.4 Å². The Morgan fingerprint density at radius 1 is 0.868 bits per heavy atom. The van der Waals surface area contributed by atoms with Gasteiger partial charge in [0.15, 0.2) is 18.3 Å². The lowest BCUT2D eigenvalue weighted by atomic mass is 9.82. The van der Waals surface area contributed by atoms with Gasteiger partial charge in [0.2, 0.25) is 0 Å². The maximum Gasteiger partial charge on any atom is 0.303 e. The van der Waals surface area contributed by atoms with Crippen molar-refractivity contribution < 1.29 is 52.7 Å². The van der Waals surface area contributed by atoms with Gasteiger partial charge in [-0.25, -0.2) is 0 Å². The number of phenols is 1. The summed E-state index contributed by atoms with van der Waals surface area (Å²) in [5, 5.41) is 11.1. The molecule has 1 aromatic carbocycles. The average molecular weight is 537 g/mol. The first-order chi connectivity index (χ1) is 17.6. The van der Waals surface area contributed by atoms with Crippen molar-refractivity contribution in [3.8, 4) is 11.5 Å². The van der Waals surface area contributed by atoms with Crippen LogP contribution in [0.1, 0.15) is 76.3 Å². The summed E-state index contributed by atoms with van der Waals surface area (Å²) in [6.45, 7) is 11.7. The third-order valence-electron chi connectivity index (χ3n) is 6.72. The predicted octanol–water partition coefficient (Wildman–Crippen LogP) is 2.91. The molecule has 0 unspecified atom stereocenters. The number of carbonyl (C=O) groups is 4. The molecule has 0 saturated carbocycles. The summed E-state index contributed by atoms with van der Waals surface area (Å²) in [7, 11) is 0. The number of hydrogen-bond acceptors (Lipinski definition) is 11. The Morgan fingerprint density at radius 3 is 1.97 bits per heavy atom. The quantitative estimate of drug-likeness (QED) is 0.423. The number of fused-ring (bicyclic) bond motifs is 1. The van der Waals surface area contributed by atoms with Crippen LogP contribution in [0.25, 0.3) is 0 Å². The Labute approximate surface area is 221 Å². The SMILES string of the molecule is CC(=O)OC[C@H]1O[C@@H](c2c(C)c(O)c(C)c3c2OC(C)(C)CC3)[C@H](OC(C)=O)[C@@H](OC(C)=O)[C@@H]1OC(C)=O. The standard InChI is InChI=1S/C27H36O11/c1-12-18-9-10-27(7,8)38-22(18)20(13(2)21(12)32)24-26(36-17(6)31)25(35-16(5)30)23(34-15(4)29)19(37-24)11-33-14(3)28/h19,23-26,32H,9-11H2,1-8H3/t19-,23-,24+,25+,26+/m1/s1. The molecule has 5 atom stereocenters. The van der Waals surface area contributed by atoms with Crippen molar-refractivity contribution in [3.63, 3.8) is 0 Å². The van der Waals surface area contributed by atoms with Crippen LogP contribution in [0.15, 0.2) is 0 Å². The van der Waals surface area contributed by atoms with Gasteiger partial charge >= 0.3 is 23.9 Å². The van der Waals surface area contributed by atoms with Gasteiger partial charge in [-0.2, -0.15) is 0 Å². The molecule has 1 fully saturated rings. The van der Waals surface area contributed by atoms with Gasteiger partial charge in [-0.15, -0.1) is 0 Å². The molecule has 2 aliphatic heterocycles. The zero-order valence-electron chi connectivity index (χ0n) is 23.0. The Balaban J connectivity index is 2.27. The average Bonchev–Trinajstić information content (AvgIpc) is 2.78. The minimum absolute atomic E-state index is 0.0231. The minimum Gasteiger partial charge on any atom is -0.507 e. The third kappa shape index (κ3) is 6.20. The van der Waals surface area contributed by atoms with Crippen molar-refractivity contribution in [2.24, 2.45) is 0 Å². The molecule has 0 spiro atoms. The minimum atomic E-state index is -1.32. The zero-order valence-corrected chi connectivity index (χ0v) is 23.0. The summed E-state index contributed by atoms with van der Waals surface area (Å²) < 4.78 is 34.6. The number of rotatable bonds is 6. The topological polar surface area (TPSA) is 144 Å². The van der Waals surface area contributed by atoms with Crippen LogP contribution in [-0.2, 0) is 49.3 Å². The van der Waals surface area contributed by atoms with Gasteiger partial charge in [-0.3, -0.25) is 19.2 Å². The van der Waals surface area contributed by atoms with E-state index in [1.54, 1.807) is 13.8 Å². The second-order valence-electron chi connectivity index (χ2n) is 10.3. The fourth-order valence-electron chi connectivity index (χ4n) is 5.03. The highest BCUT2D eigenvalue weighted by molar-refractivity contribution is 5.69. The van der Waals surface area contributed by atoms with Crippen molar-refractivity contribution in [1.29, 1.82) is 0 Å². The van der Waals surface area contributed by atoms with Gasteiger partial charge in [-0.05, 0) is 46.1 Å². The van der Waals surface area contributed by atoms with Gasteiger partial charge in [0, 0.05) is 44.4 Å². The molecule has 1 N–H and O–H groups in total. The van der Waals surface area contributed by atoms with Gasteiger partial charge in [0.1, 0.15) is 35.9 Å². The Kier molecular flexibility index (Phi) is 8.60. The van der Waals surface area contributed by atoms with Crippen molar-refractivity contribution in [2.45, 2.75) is 104 Å². The number of aromatic hydroxyl groups is 1. The van der Waals surface area contributed by atoms with Crippen LogP contribution in [0.4, 0.5) is 0 Å². The molecule has 0 radical (unpaired) electrons. The summed E-state index contributed by atoms with van der Waals surface area (Å²) in [5.41, 5.74) is 1.70. The van der Waals surface area contributed by atoms with Crippen LogP contribution in [0, 0.1) is 13.8 Å². The van der Waals surface area contributed by atoms with Crippen molar-refractivity contribution in [3.05, 3.63) is 22.3 Å². The van der Waals surface area contributed by atoms with E-state index in [1.807, 2.05) is 13.8 Å². The normalized spacial score (nSPS) is 25.8. The molecule has 1 aromatic rings. The lowest BCUT2D eigenvalue weighted by Gasteiger charge is -2.46. The third-order valence-corrected chi connectivity index (χ3v) is 6.72. The molecule has 1 saturated heterocycles. The van der Waals surface area contributed by atoms with Crippen LogP contribution >= 0.6 is 0 Å². The second-order valence-corrected chi connectivity index (χ2v) is 10.3. The van der Waals surface area contributed by atoms with E-state index in [9.17, 15) is 24.3 Å².